The normalized spacial score (nSPS) is 8.08. The van der Waals surface area contributed by atoms with E-state index >= 15 is 0 Å². The molecule has 2 nitrogen and oxygen atoms in total. The molecule has 0 aromatic rings. The summed E-state index contributed by atoms with van der Waals surface area (Å²) in [5, 5.41) is 9.55. The molecule has 3 heteroatoms. The van der Waals surface area contributed by atoms with Crippen LogP contribution < -0.4 is 0 Å². The molecule has 0 aliphatic carbocycles. The number of likely N-dealkylation sites (N-methyl/N-ethyl adjacent to an activating group) is 1. The van der Waals surface area contributed by atoms with Crippen LogP contribution in [0.1, 0.15) is 13.8 Å². The number of rotatable bonds is 4. The minimum atomic E-state index is -0.0178. The van der Waals surface area contributed by atoms with Gasteiger partial charge >= 0.3 is 0 Å². The predicted octanol–water partition coefficient (Wildman–Crippen LogP) is 2.28. The van der Waals surface area contributed by atoms with Crippen molar-refractivity contribution in [3.8, 4) is 0 Å². The fourth-order valence-corrected chi connectivity index (χ4v) is 0.822. The molecule has 0 rings (SSSR count). The van der Waals surface area contributed by atoms with Gasteiger partial charge in [0, 0.05) is 12.7 Å². The molecular weight excluding hydrogens is 170 g/mol. The molecule has 0 saturated carbocycles. The van der Waals surface area contributed by atoms with Crippen LogP contribution in [0.25, 0.3) is 0 Å². The van der Waals surface area contributed by atoms with Crippen molar-refractivity contribution in [3.63, 3.8) is 0 Å². The second-order valence-corrected chi connectivity index (χ2v) is 2.76. The first-order valence-electron chi connectivity index (χ1n) is 3.88. The van der Waals surface area contributed by atoms with Gasteiger partial charge in [-0.1, -0.05) is 27.0 Å². The van der Waals surface area contributed by atoms with Crippen molar-refractivity contribution in [1.82, 2.24) is 4.90 Å². The highest BCUT2D eigenvalue weighted by molar-refractivity contribution is 8.02. The van der Waals surface area contributed by atoms with Crippen molar-refractivity contribution in [2.24, 2.45) is 0 Å². The summed E-state index contributed by atoms with van der Waals surface area (Å²) in [5.74, 6) is 0. The Labute approximate surface area is 80.0 Å². The van der Waals surface area contributed by atoms with Crippen LogP contribution in [-0.4, -0.2) is 29.9 Å². The van der Waals surface area contributed by atoms with Gasteiger partial charge < -0.3 is 10.0 Å². The maximum absolute atomic E-state index is 8.66. The van der Waals surface area contributed by atoms with Crippen LogP contribution in [0.2, 0.25) is 0 Å². The molecule has 0 amide bonds. The summed E-state index contributed by atoms with van der Waals surface area (Å²) in [6.07, 6.45) is 1.93. The third kappa shape index (κ3) is 5.27. The summed E-state index contributed by atoms with van der Waals surface area (Å²) in [7, 11) is 1.83. The Kier molecular flexibility index (Phi) is 10.2. The van der Waals surface area contributed by atoms with E-state index < -0.39 is 0 Å². The molecule has 0 radical (unpaired) electrons. The third-order valence-electron chi connectivity index (χ3n) is 1.27. The molecule has 0 bridgehead atoms. The Morgan fingerprint density at radius 3 is 2.08 bits per heavy atom. The summed E-state index contributed by atoms with van der Waals surface area (Å²) >= 11 is 1.54. The first-order valence-corrected chi connectivity index (χ1v) is 5.11. The lowest BCUT2D eigenvalue weighted by Gasteiger charge is -2.20. The summed E-state index contributed by atoms with van der Waals surface area (Å²) in [6, 6.07) is 0. The smallest absolute Gasteiger partial charge is 0.0827 e. The third-order valence-corrected chi connectivity index (χ3v) is 2.01. The number of hydrogen-bond donors (Lipinski definition) is 1. The van der Waals surface area contributed by atoms with Crippen molar-refractivity contribution in [3.05, 3.63) is 23.9 Å². The van der Waals surface area contributed by atoms with Gasteiger partial charge in [0.2, 0.25) is 0 Å². The van der Waals surface area contributed by atoms with Gasteiger partial charge in [-0.25, -0.2) is 0 Å². The first kappa shape index (κ1) is 14.1. The van der Waals surface area contributed by atoms with E-state index in [0.717, 1.165) is 5.03 Å². The fourth-order valence-electron chi connectivity index (χ4n) is 0.419. The average Bonchev–Trinajstić information content (AvgIpc) is 2.17. The molecule has 0 unspecified atom stereocenters. The summed E-state index contributed by atoms with van der Waals surface area (Å²) in [4.78, 5) is 1.77. The molecule has 0 aromatic heterocycles. The molecule has 0 aromatic carbocycles. The van der Waals surface area contributed by atoms with Crippen molar-refractivity contribution in [1.29, 1.82) is 0 Å². The van der Waals surface area contributed by atoms with E-state index in [4.69, 9.17) is 5.11 Å². The fraction of sp³-hybridized carbons (Fsp3) is 0.556. The zero-order chi connectivity index (χ0) is 10.1. The summed E-state index contributed by atoms with van der Waals surface area (Å²) < 4.78 is 0. The SMILES string of the molecule is C=C(CO)N(C)C(=C)SC.CC. The van der Waals surface area contributed by atoms with E-state index in [1.165, 1.54) is 11.8 Å². The number of aliphatic hydroxyl groups is 1. The molecule has 72 valence electrons. The molecule has 0 atom stereocenters. The molecule has 1 N–H and O–H groups in total. The standard InChI is InChI=1S/C7H13NOS.C2H6/c1-6(5-9)8(3)7(2)10-4;1-2/h9H,1-2,5H2,3-4H3;1-2H3. The van der Waals surface area contributed by atoms with E-state index in [1.807, 2.05) is 27.2 Å². The second kappa shape index (κ2) is 8.68. The number of aliphatic hydroxyl groups excluding tert-OH is 1. The summed E-state index contributed by atoms with van der Waals surface area (Å²) in [5.41, 5.74) is 0.666. The maximum atomic E-state index is 8.66. The lowest BCUT2D eigenvalue weighted by Crippen LogP contribution is -2.15. The van der Waals surface area contributed by atoms with Crippen LogP contribution >= 0.6 is 11.8 Å². The second-order valence-electron chi connectivity index (χ2n) is 1.88. The van der Waals surface area contributed by atoms with Crippen molar-refractivity contribution in [2.75, 3.05) is 19.9 Å². The Hall–Kier alpha value is -0.410. The molecule has 0 heterocycles. The highest BCUT2D eigenvalue weighted by atomic mass is 32.2. The van der Waals surface area contributed by atoms with Crippen LogP contribution in [0.5, 0.6) is 0 Å². The van der Waals surface area contributed by atoms with E-state index in [2.05, 4.69) is 13.2 Å². The van der Waals surface area contributed by atoms with E-state index in [0.29, 0.717) is 5.70 Å². The van der Waals surface area contributed by atoms with E-state index in [-0.39, 0.29) is 6.61 Å². The lowest BCUT2D eigenvalue weighted by molar-refractivity contribution is 0.298. The van der Waals surface area contributed by atoms with Crippen LogP contribution in [-0.2, 0) is 0 Å². The van der Waals surface area contributed by atoms with Gasteiger partial charge in [-0.05, 0) is 6.26 Å². The topological polar surface area (TPSA) is 23.5 Å². The Morgan fingerprint density at radius 1 is 1.42 bits per heavy atom. The minimum absolute atomic E-state index is 0.0178. The van der Waals surface area contributed by atoms with Gasteiger partial charge in [0.15, 0.2) is 0 Å². The Bertz CT molecular complexity index is 129. The number of thioether (sulfide) groups is 1. The number of hydrogen-bond acceptors (Lipinski definition) is 3. The van der Waals surface area contributed by atoms with Gasteiger partial charge in [-0.15, -0.1) is 11.8 Å². The molecular formula is C9H19NOS. The molecule has 0 spiro atoms. The largest absolute Gasteiger partial charge is 0.390 e. The number of nitrogens with zero attached hydrogens (tertiary/aromatic N) is 1. The monoisotopic (exact) mass is 189 g/mol. The van der Waals surface area contributed by atoms with Crippen LogP contribution in [0.3, 0.4) is 0 Å². The highest BCUT2D eigenvalue weighted by Gasteiger charge is 2.02. The highest BCUT2D eigenvalue weighted by Crippen LogP contribution is 2.15. The van der Waals surface area contributed by atoms with Gasteiger partial charge in [-0.2, -0.15) is 0 Å². The van der Waals surface area contributed by atoms with Crippen molar-refractivity contribution in [2.45, 2.75) is 13.8 Å². The quantitative estimate of drug-likeness (QED) is 0.734. The Morgan fingerprint density at radius 2 is 1.83 bits per heavy atom. The van der Waals surface area contributed by atoms with Crippen LogP contribution in [0.4, 0.5) is 0 Å². The summed E-state index contributed by atoms with van der Waals surface area (Å²) in [6.45, 7) is 11.4. The van der Waals surface area contributed by atoms with Crippen LogP contribution in [0.15, 0.2) is 23.9 Å². The molecule has 0 aliphatic rings. The van der Waals surface area contributed by atoms with Gasteiger partial charge in [0.05, 0.1) is 11.6 Å². The minimum Gasteiger partial charge on any atom is -0.390 e. The van der Waals surface area contributed by atoms with Crippen molar-refractivity contribution < 1.29 is 5.11 Å². The van der Waals surface area contributed by atoms with Gasteiger partial charge in [0.1, 0.15) is 0 Å². The average molecular weight is 189 g/mol. The van der Waals surface area contributed by atoms with Crippen LogP contribution in [0, 0.1) is 0 Å². The predicted molar refractivity (Wildman–Crippen MR) is 58.0 cm³/mol. The molecule has 12 heavy (non-hydrogen) atoms. The van der Waals surface area contributed by atoms with E-state index in [9.17, 15) is 0 Å². The first-order chi connectivity index (χ1) is 5.63. The molecule has 0 aliphatic heterocycles. The Balaban J connectivity index is 0. The zero-order valence-corrected chi connectivity index (χ0v) is 9.24. The van der Waals surface area contributed by atoms with E-state index in [1.54, 1.807) is 4.90 Å². The van der Waals surface area contributed by atoms with Crippen molar-refractivity contribution >= 4 is 11.8 Å². The lowest BCUT2D eigenvalue weighted by atomic mass is 10.5. The van der Waals surface area contributed by atoms with Gasteiger partial charge in [0.25, 0.3) is 0 Å². The molecule has 0 fully saturated rings. The van der Waals surface area contributed by atoms with Gasteiger partial charge in [-0.3, -0.25) is 0 Å². The zero-order valence-electron chi connectivity index (χ0n) is 8.42. The maximum Gasteiger partial charge on any atom is 0.0827 e. The molecule has 0 saturated heterocycles.